The first kappa shape index (κ1) is 19.1. The summed E-state index contributed by atoms with van der Waals surface area (Å²) in [5, 5.41) is 20.0. The average molecular weight is 356 g/mol. The number of aliphatic carboxylic acids is 1. The van der Waals surface area contributed by atoms with Crippen LogP contribution in [-0.2, 0) is 11.3 Å². The lowest BCUT2D eigenvalue weighted by Gasteiger charge is -2.23. The number of nitrogens with zero attached hydrogens (tertiary/aromatic N) is 2. The molecule has 7 nitrogen and oxygen atoms in total. The van der Waals surface area contributed by atoms with Crippen molar-refractivity contribution in [3.05, 3.63) is 75.3 Å². The molecule has 0 bridgehead atoms. The first-order valence-corrected chi connectivity index (χ1v) is 8.19. The summed E-state index contributed by atoms with van der Waals surface area (Å²) in [6.07, 6.45) is 0.258. The number of carbonyl (C=O) groups excluding carboxylic acids is 1. The van der Waals surface area contributed by atoms with Crippen molar-refractivity contribution in [3.63, 3.8) is 0 Å². The van der Waals surface area contributed by atoms with Crippen LogP contribution >= 0.6 is 0 Å². The monoisotopic (exact) mass is 356 g/mol. The molecule has 0 radical (unpaired) electrons. The maximum Gasteiger partial charge on any atom is 0.303 e. The number of hydrogen-bond donors (Lipinski definition) is 1. The van der Waals surface area contributed by atoms with E-state index in [0.717, 1.165) is 5.56 Å². The van der Waals surface area contributed by atoms with Crippen LogP contribution in [0.25, 0.3) is 0 Å². The van der Waals surface area contributed by atoms with Crippen molar-refractivity contribution in [1.29, 1.82) is 0 Å². The average Bonchev–Trinajstić information content (AvgIpc) is 2.61. The van der Waals surface area contributed by atoms with E-state index >= 15 is 0 Å². The van der Waals surface area contributed by atoms with Gasteiger partial charge in [-0.05, 0) is 25.0 Å². The Morgan fingerprint density at radius 1 is 1.12 bits per heavy atom. The van der Waals surface area contributed by atoms with Gasteiger partial charge in [-0.15, -0.1) is 0 Å². The molecule has 7 heteroatoms. The Hall–Kier alpha value is -3.22. The van der Waals surface area contributed by atoms with Crippen LogP contribution in [0.5, 0.6) is 0 Å². The highest BCUT2D eigenvalue weighted by Gasteiger charge is 2.22. The molecule has 0 aliphatic rings. The van der Waals surface area contributed by atoms with Crippen LogP contribution in [0, 0.1) is 17.0 Å². The van der Waals surface area contributed by atoms with Gasteiger partial charge in [0.25, 0.3) is 11.6 Å². The Balaban J connectivity index is 2.28. The number of rotatable bonds is 8. The molecule has 1 N–H and O–H groups in total. The van der Waals surface area contributed by atoms with Crippen LogP contribution in [-0.4, -0.2) is 33.4 Å². The number of carbonyl (C=O) groups is 2. The summed E-state index contributed by atoms with van der Waals surface area (Å²) in [6.45, 7) is 2.10. The van der Waals surface area contributed by atoms with Gasteiger partial charge in [0.15, 0.2) is 0 Å². The van der Waals surface area contributed by atoms with Crippen molar-refractivity contribution < 1.29 is 19.6 Å². The van der Waals surface area contributed by atoms with E-state index < -0.39 is 10.9 Å². The van der Waals surface area contributed by atoms with Crippen molar-refractivity contribution in [2.24, 2.45) is 0 Å². The van der Waals surface area contributed by atoms with Crippen LogP contribution < -0.4 is 0 Å². The molecular weight excluding hydrogens is 336 g/mol. The quantitative estimate of drug-likeness (QED) is 0.577. The largest absolute Gasteiger partial charge is 0.481 e. The van der Waals surface area contributed by atoms with Crippen LogP contribution in [0.4, 0.5) is 5.69 Å². The van der Waals surface area contributed by atoms with Gasteiger partial charge in [0.1, 0.15) is 0 Å². The number of nitro groups is 1. The van der Waals surface area contributed by atoms with Gasteiger partial charge in [-0.25, -0.2) is 0 Å². The van der Waals surface area contributed by atoms with Crippen LogP contribution in [0.3, 0.4) is 0 Å². The molecule has 0 spiro atoms. The van der Waals surface area contributed by atoms with Crippen molar-refractivity contribution in [1.82, 2.24) is 4.90 Å². The molecule has 0 unspecified atom stereocenters. The third-order valence-electron chi connectivity index (χ3n) is 4.05. The molecule has 0 aromatic heterocycles. The zero-order chi connectivity index (χ0) is 19.1. The second kappa shape index (κ2) is 8.75. The topological polar surface area (TPSA) is 101 Å². The molecule has 0 heterocycles. The Morgan fingerprint density at radius 2 is 1.81 bits per heavy atom. The lowest BCUT2D eigenvalue weighted by Crippen LogP contribution is -2.32. The summed E-state index contributed by atoms with van der Waals surface area (Å²) in [7, 11) is 0. The summed E-state index contributed by atoms with van der Waals surface area (Å²) in [5.74, 6) is -1.27. The fourth-order valence-electron chi connectivity index (χ4n) is 2.70. The van der Waals surface area contributed by atoms with E-state index in [4.69, 9.17) is 5.11 Å². The van der Waals surface area contributed by atoms with Crippen molar-refractivity contribution >= 4 is 17.6 Å². The number of amides is 1. The molecule has 0 aliphatic heterocycles. The molecule has 0 saturated heterocycles. The van der Waals surface area contributed by atoms with E-state index in [2.05, 4.69) is 0 Å². The maximum absolute atomic E-state index is 13.0. The molecule has 26 heavy (non-hydrogen) atoms. The van der Waals surface area contributed by atoms with Crippen LogP contribution in [0.15, 0.2) is 48.5 Å². The molecular formula is C19H20N2O5. The van der Waals surface area contributed by atoms with Crippen molar-refractivity contribution in [2.75, 3.05) is 6.54 Å². The minimum absolute atomic E-state index is 0.0491. The number of nitro benzene ring substituents is 1. The van der Waals surface area contributed by atoms with E-state index in [1.165, 1.54) is 17.0 Å². The van der Waals surface area contributed by atoms with Crippen LogP contribution in [0.2, 0.25) is 0 Å². The normalized spacial score (nSPS) is 10.3. The van der Waals surface area contributed by atoms with Crippen molar-refractivity contribution in [2.45, 2.75) is 26.3 Å². The van der Waals surface area contributed by atoms with E-state index in [-0.39, 0.29) is 30.1 Å². The Kier molecular flexibility index (Phi) is 6.43. The number of carboxylic acid groups (broad SMARTS) is 1. The Labute approximate surface area is 151 Å². The van der Waals surface area contributed by atoms with Gasteiger partial charge in [-0.1, -0.05) is 36.4 Å². The third-order valence-corrected chi connectivity index (χ3v) is 4.05. The molecule has 136 valence electrons. The Morgan fingerprint density at radius 3 is 2.42 bits per heavy atom. The first-order chi connectivity index (χ1) is 12.4. The zero-order valence-corrected chi connectivity index (χ0v) is 14.4. The molecule has 2 rings (SSSR count). The highest BCUT2D eigenvalue weighted by atomic mass is 16.6. The summed E-state index contributed by atoms with van der Waals surface area (Å²) in [6, 6.07) is 13.7. The third kappa shape index (κ3) is 4.89. The second-order valence-electron chi connectivity index (χ2n) is 5.92. The smallest absolute Gasteiger partial charge is 0.303 e. The highest BCUT2D eigenvalue weighted by molar-refractivity contribution is 5.96. The van der Waals surface area contributed by atoms with E-state index in [1.54, 1.807) is 13.0 Å². The lowest BCUT2D eigenvalue weighted by molar-refractivity contribution is -0.385. The van der Waals surface area contributed by atoms with Crippen LogP contribution in [0.1, 0.15) is 34.3 Å². The summed E-state index contributed by atoms with van der Waals surface area (Å²) in [4.78, 5) is 35.9. The van der Waals surface area contributed by atoms with Gasteiger partial charge in [0.2, 0.25) is 0 Å². The minimum Gasteiger partial charge on any atom is -0.481 e. The van der Waals surface area contributed by atoms with E-state index in [1.807, 2.05) is 30.3 Å². The molecule has 1 amide bonds. The zero-order valence-electron chi connectivity index (χ0n) is 14.4. The summed E-state index contributed by atoms with van der Waals surface area (Å²) >= 11 is 0. The van der Waals surface area contributed by atoms with E-state index in [0.29, 0.717) is 18.5 Å². The second-order valence-corrected chi connectivity index (χ2v) is 5.92. The fraction of sp³-hybridized carbons (Fsp3) is 0.263. The van der Waals surface area contributed by atoms with Crippen molar-refractivity contribution in [3.8, 4) is 0 Å². The van der Waals surface area contributed by atoms with Gasteiger partial charge in [0.05, 0.1) is 4.92 Å². The predicted octanol–water partition coefficient (Wildman–Crippen LogP) is 3.41. The number of carboxylic acids is 1. The lowest BCUT2D eigenvalue weighted by atomic mass is 10.0. The molecule has 2 aromatic rings. The van der Waals surface area contributed by atoms with Gasteiger partial charge < -0.3 is 10.0 Å². The first-order valence-electron chi connectivity index (χ1n) is 8.19. The Bertz CT molecular complexity index is 805. The van der Waals surface area contributed by atoms with Gasteiger partial charge in [-0.2, -0.15) is 0 Å². The molecule has 0 atom stereocenters. The predicted molar refractivity (Wildman–Crippen MR) is 95.9 cm³/mol. The van der Waals surface area contributed by atoms with Gasteiger partial charge >= 0.3 is 5.97 Å². The van der Waals surface area contributed by atoms with Gasteiger partial charge in [0, 0.05) is 36.7 Å². The highest BCUT2D eigenvalue weighted by Crippen LogP contribution is 2.23. The molecule has 2 aromatic carbocycles. The standard InChI is InChI=1S/C19H20N2O5/c1-14-16(9-5-10-17(14)21(25)26)19(24)20(12-6-11-18(22)23)13-15-7-3-2-4-8-15/h2-5,7-10H,6,11-13H2,1H3,(H,22,23). The SMILES string of the molecule is Cc1c(C(=O)N(CCCC(=O)O)Cc2ccccc2)cccc1[N+](=O)[O-]. The summed E-state index contributed by atoms with van der Waals surface area (Å²) in [5.41, 5.74) is 1.35. The minimum atomic E-state index is -0.927. The summed E-state index contributed by atoms with van der Waals surface area (Å²) < 4.78 is 0. The van der Waals surface area contributed by atoms with E-state index in [9.17, 15) is 19.7 Å². The maximum atomic E-state index is 13.0. The molecule has 0 aliphatic carbocycles. The number of benzene rings is 2. The molecule has 0 saturated carbocycles. The number of hydrogen-bond acceptors (Lipinski definition) is 4. The van der Waals surface area contributed by atoms with Gasteiger partial charge in [-0.3, -0.25) is 19.7 Å². The molecule has 0 fully saturated rings. The fourth-order valence-corrected chi connectivity index (χ4v) is 2.70.